The predicted octanol–water partition coefficient (Wildman–Crippen LogP) is 4.70. The second-order valence-electron chi connectivity index (χ2n) is 6.55. The molecular formula is C20H23N3O2. The number of hydrogen-bond donors (Lipinski definition) is 2. The topological polar surface area (TPSA) is 67.2 Å². The van der Waals surface area contributed by atoms with Gasteiger partial charge in [-0.2, -0.15) is 0 Å². The van der Waals surface area contributed by atoms with Gasteiger partial charge < -0.3 is 15.1 Å². The minimum absolute atomic E-state index is 0.0891. The van der Waals surface area contributed by atoms with E-state index >= 15 is 0 Å². The van der Waals surface area contributed by atoms with Crippen molar-refractivity contribution in [3.05, 3.63) is 53.9 Å². The van der Waals surface area contributed by atoms with Gasteiger partial charge in [-0.1, -0.05) is 26.0 Å². The van der Waals surface area contributed by atoms with Crippen molar-refractivity contribution in [3.63, 3.8) is 0 Å². The number of aromatic nitrogens is 1. The minimum Gasteiger partial charge on any atom is -0.441 e. The summed E-state index contributed by atoms with van der Waals surface area (Å²) in [4.78, 5) is 16.7. The fourth-order valence-electron chi connectivity index (χ4n) is 2.65. The van der Waals surface area contributed by atoms with Crippen molar-refractivity contribution in [2.75, 3.05) is 10.6 Å². The number of fused-ring (bicyclic) bond motifs is 1. The number of nitrogens with zero attached hydrogens (tertiary/aromatic N) is 1. The Bertz CT molecular complexity index is 882. The Hall–Kier alpha value is -2.82. The van der Waals surface area contributed by atoms with Crippen molar-refractivity contribution < 1.29 is 9.21 Å². The zero-order valence-electron chi connectivity index (χ0n) is 15.0. The number of anilines is 2. The third-order valence-corrected chi connectivity index (χ3v) is 4.12. The lowest BCUT2D eigenvalue weighted by molar-refractivity contribution is -0.116. The molecular weight excluding hydrogens is 314 g/mol. The van der Waals surface area contributed by atoms with E-state index in [2.05, 4.69) is 29.5 Å². The van der Waals surface area contributed by atoms with Gasteiger partial charge in [-0.05, 0) is 48.7 Å². The molecule has 1 amide bonds. The van der Waals surface area contributed by atoms with Gasteiger partial charge >= 0.3 is 0 Å². The van der Waals surface area contributed by atoms with Gasteiger partial charge in [0.2, 0.25) is 5.91 Å². The molecule has 130 valence electrons. The highest BCUT2D eigenvalue weighted by Gasteiger charge is 2.14. The lowest BCUT2D eigenvalue weighted by atomic mass is 10.0. The van der Waals surface area contributed by atoms with E-state index in [1.807, 2.05) is 56.3 Å². The van der Waals surface area contributed by atoms with E-state index in [9.17, 15) is 4.79 Å². The molecule has 5 heteroatoms. The summed E-state index contributed by atoms with van der Waals surface area (Å²) in [7, 11) is 0. The van der Waals surface area contributed by atoms with Crippen molar-refractivity contribution >= 4 is 28.4 Å². The third-order valence-electron chi connectivity index (χ3n) is 4.12. The van der Waals surface area contributed by atoms with Crippen LogP contribution in [-0.4, -0.2) is 16.9 Å². The Morgan fingerprint density at radius 2 is 1.72 bits per heavy atom. The monoisotopic (exact) mass is 337 g/mol. The zero-order valence-corrected chi connectivity index (χ0v) is 15.0. The van der Waals surface area contributed by atoms with Gasteiger partial charge in [0.1, 0.15) is 11.6 Å². The highest BCUT2D eigenvalue weighted by atomic mass is 16.3. The first-order chi connectivity index (χ1) is 11.9. The minimum atomic E-state index is -0.379. The molecule has 0 saturated heterocycles. The van der Waals surface area contributed by atoms with Gasteiger partial charge in [0.15, 0.2) is 11.5 Å². The van der Waals surface area contributed by atoms with E-state index in [4.69, 9.17) is 4.42 Å². The molecule has 2 N–H and O–H groups in total. The highest BCUT2D eigenvalue weighted by Crippen LogP contribution is 2.21. The number of aryl methyl sites for hydroxylation is 1. The summed E-state index contributed by atoms with van der Waals surface area (Å²) in [6.07, 6.45) is 0. The van der Waals surface area contributed by atoms with Gasteiger partial charge in [-0.25, -0.2) is 4.98 Å². The first-order valence-electron chi connectivity index (χ1n) is 8.47. The first kappa shape index (κ1) is 17.0. The summed E-state index contributed by atoms with van der Waals surface area (Å²) in [6.45, 7) is 7.93. The third kappa shape index (κ3) is 3.99. The van der Waals surface area contributed by atoms with Crippen LogP contribution in [0, 0.1) is 6.92 Å². The lowest BCUT2D eigenvalue weighted by Crippen LogP contribution is -2.31. The van der Waals surface area contributed by atoms with Crippen LogP contribution in [0.4, 0.5) is 11.4 Å². The molecule has 3 rings (SSSR count). The molecule has 1 heterocycles. The van der Waals surface area contributed by atoms with E-state index in [-0.39, 0.29) is 11.9 Å². The van der Waals surface area contributed by atoms with Crippen molar-refractivity contribution in [3.8, 4) is 0 Å². The Labute approximate surface area is 147 Å². The second-order valence-corrected chi connectivity index (χ2v) is 6.55. The van der Waals surface area contributed by atoms with E-state index < -0.39 is 0 Å². The summed E-state index contributed by atoms with van der Waals surface area (Å²) in [5.74, 6) is 1.01. The highest BCUT2D eigenvalue weighted by molar-refractivity contribution is 5.96. The SMILES string of the molecule is Cc1nc2cc(N[C@@H](C)C(=O)Nc3ccc(C(C)C)cc3)ccc2o1. The van der Waals surface area contributed by atoms with Crippen LogP contribution in [0.25, 0.3) is 11.1 Å². The lowest BCUT2D eigenvalue weighted by Gasteiger charge is -2.15. The Morgan fingerprint density at radius 3 is 2.40 bits per heavy atom. The maximum Gasteiger partial charge on any atom is 0.246 e. The number of amides is 1. The van der Waals surface area contributed by atoms with E-state index in [1.54, 1.807) is 0 Å². The smallest absolute Gasteiger partial charge is 0.246 e. The molecule has 0 bridgehead atoms. The predicted molar refractivity (Wildman–Crippen MR) is 101 cm³/mol. The van der Waals surface area contributed by atoms with E-state index in [0.717, 1.165) is 22.5 Å². The van der Waals surface area contributed by atoms with Crippen LogP contribution in [0.2, 0.25) is 0 Å². The molecule has 0 aliphatic rings. The van der Waals surface area contributed by atoms with Crippen LogP contribution in [0.15, 0.2) is 46.9 Å². The summed E-state index contributed by atoms with van der Waals surface area (Å²) in [5.41, 5.74) is 4.40. The number of rotatable bonds is 5. The van der Waals surface area contributed by atoms with Crippen LogP contribution in [-0.2, 0) is 4.79 Å². The molecule has 0 saturated carbocycles. The van der Waals surface area contributed by atoms with Gasteiger partial charge in [0, 0.05) is 18.3 Å². The molecule has 0 unspecified atom stereocenters. The van der Waals surface area contributed by atoms with Crippen LogP contribution in [0.5, 0.6) is 0 Å². The van der Waals surface area contributed by atoms with Crippen molar-refractivity contribution in [2.45, 2.75) is 39.7 Å². The van der Waals surface area contributed by atoms with Crippen LogP contribution in [0.1, 0.15) is 38.1 Å². The molecule has 0 aliphatic carbocycles. The van der Waals surface area contributed by atoms with Crippen LogP contribution in [0.3, 0.4) is 0 Å². The number of oxazole rings is 1. The van der Waals surface area contributed by atoms with Gasteiger partial charge in [-0.3, -0.25) is 4.79 Å². The summed E-state index contributed by atoms with van der Waals surface area (Å²) < 4.78 is 5.46. The number of hydrogen-bond acceptors (Lipinski definition) is 4. The molecule has 0 radical (unpaired) electrons. The molecule has 5 nitrogen and oxygen atoms in total. The largest absolute Gasteiger partial charge is 0.441 e. The summed E-state index contributed by atoms with van der Waals surface area (Å²) >= 11 is 0. The standard InChI is InChI=1S/C20H23N3O2/c1-12(2)15-5-7-16(8-6-15)23-20(24)13(3)21-17-9-10-19-18(11-17)22-14(4)25-19/h5-13,21H,1-4H3,(H,23,24)/t13-/m0/s1. The Kier molecular flexibility index (Phi) is 4.74. The van der Waals surface area contributed by atoms with Gasteiger partial charge in [-0.15, -0.1) is 0 Å². The number of carbonyl (C=O) groups is 1. The van der Waals surface area contributed by atoms with Gasteiger partial charge in [0.25, 0.3) is 0 Å². The fourth-order valence-corrected chi connectivity index (χ4v) is 2.65. The van der Waals surface area contributed by atoms with Crippen LogP contribution < -0.4 is 10.6 Å². The van der Waals surface area contributed by atoms with Crippen LogP contribution >= 0.6 is 0 Å². The maximum atomic E-state index is 12.4. The Balaban J connectivity index is 1.64. The number of nitrogens with one attached hydrogen (secondary N) is 2. The fraction of sp³-hybridized carbons (Fsp3) is 0.300. The average Bonchev–Trinajstić information content (AvgIpc) is 2.94. The number of carbonyl (C=O) groups excluding carboxylic acids is 1. The molecule has 2 aromatic carbocycles. The summed E-state index contributed by atoms with van der Waals surface area (Å²) in [6, 6.07) is 13.2. The number of benzene rings is 2. The molecule has 25 heavy (non-hydrogen) atoms. The molecule has 3 aromatic rings. The molecule has 0 fully saturated rings. The van der Waals surface area contributed by atoms with Gasteiger partial charge in [0.05, 0.1) is 0 Å². The van der Waals surface area contributed by atoms with E-state index in [0.29, 0.717) is 11.8 Å². The average molecular weight is 337 g/mol. The van der Waals surface area contributed by atoms with Crippen molar-refractivity contribution in [2.24, 2.45) is 0 Å². The maximum absolute atomic E-state index is 12.4. The molecule has 1 aromatic heterocycles. The Morgan fingerprint density at radius 1 is 1.04 bits per heavy atom. The molecule has 0 spiro atoms. The summed E-state index contributed by atoms with van der Waals surface area (Å²) in [5, 5.41) is 6.13. The quantitative estimate of drug-likeness (QED) is 0.708. The second kappa shape index (κ2) is 6.97. The van der Waals surface area contributed by atoms with E-state index in [1.165, 1.54) is 5.56 Å². The normalized spacial score (nSPS) is 12.4. The van der Waals surface area contributed by atoms with Crippen molar-refractivity contribution in [1.29, 1.82) is 0 Å². The molecule has 1 atom stereocenters. The first-order valence-corrected chi connectivity index (χ1v) is 8.47. The van der Waals surface area contributed by atoms with Crippen molar-refractivity contribution in [1.82, 2.24) is 4.98 Å². The zero-order chi connectivity index (χ0) is 18.0. The molecule has 0 aliphatic heterocycles.